The van der Waals surface area contributed by atoms with E-state index in [1.54, 1.807) is 13.8 Å². The van der Waals surface area contributed by atoms with Crippen LogP contribution < -0.4 is 27.4 Å². The molecule has 0 aromatic carbocycles. The molecule has 0 aromatic heterocycles. The predicted octanol–water partition coefficient (Wildman–Crippen LogP) is -2.50. The maximum Gasteiger partial charge on any atom is 0.326 e. The van der Waals surface area contributed by atoms with Gasteiger partial charge >= 0.3 is 17.9 Å². The first-order valence-electron chi connectivity index (χ1n) is 10.7. The molecule has 0 heterocycles. The van der Waals surface area contributed by atoms with E-state index in [4.69, 9.17) is 21.7 Å². The summed E-state index contributed by atoms with van der Waals surface area (Å²) in [5.74, 6) is -7.95. The van der Waals surface area contributed by atoms with Crippen molar-refractivity contribution < 1.29 is 48.9 Å². The molecule has 35 heavy (non-hydrogen) atoms. The molecule has 0 aliphatic carbocycles. The van der Waals surface area contributed by atoms with Crippen LogP contribution in [0.1, 0.15) is 52.4 Å². The highest BCUT2D eigenvalue weighted by atomic mass is 16.4. The van der Waals surface area contributed by atoms with Gasteiger partial charge in [0.1, 0.15) is 18.1 Å². The lowest BCUT2D eigenvalue weighted by molar-refractivity contribution is -0.143. The first-order chi connectivity index (χ1) is 16.1. The second-order valence-electron chi connectivity index (χ2n) is 8.29. The molecule has 10 N–H and O–H groups in total. The van der Waals surface area contributed by atoms with E-state index in [2.05, 4.69) is 16.0 Å². The number of rotatable bonds is 17. The third-order valence-corrected chi connectivity index (χ3v) is 4.65. The Hall–Kier alpha value is -3.75. The van der Waals surface area contributed by atoms with Gasteiger partial charge in [0.25, 0.3) is 0 Å². The Morgan fingerprint density at radius 1 is 0.714 bits per heavy atom. The lowest BCUT2D eigenvalue weighted by atomic mass is 10.0. The average Bonchev–Trinajstić information content (AvgIpc) is 2.72. The van der Waals surface area contributed by atoms with Crippen molar-refractivity contribution in [2.75, 3.05) is 0 Å². The minimum absolute atomic E-state index is 0.0594. The third kappa shape index (κ3) is 13.5. The van der Waals surface area contributed by atoms with E-state index in [-0.39, 0.29) is 18.8 Å². The van der Waals surface area contributed by atoms with Crippen LogP contribution in [0.25, 0.3) is 0 Å². The zero-order valence-corrected chi connectivity index (χ0v) is 19.5. The third-order valence-electron chi connectivity index (χ3n) is 4.65. The van der Waals surface area contributed by atoms with Crippen LogP contribution >= 0.6 is 0 Å². The summed E-state index contributed by atoms with van der Waals surface area (Å²) >= 11 is 0. The van der Waals surface area contributed by atoms with Crippen LogP contribution in [0.3, 0.4) is 0 Å². The molecular weight excluding hydrogens is 470 g/mol. The van der Waals surface area contributed by atoms with Crippen molar-refractivity contribution in [1.82, 2.24) is 16.0 Å². The largest absolute Gasteiger partial charge is 0.481 e. The van der Waals surface area contributed by atoms with E-state index in [1.165, 1.54) is 0 Å². The van der Waals surface area contributed by atoms with Gasteiger partial charge in [-0.15, -0.1) is 0 Å². The summed E-state index contributed by atoms with van der Waals surface area (Å²) in [6.45, 7) is 3.45. The Balaban J connectivity index is 5.57. The minimum atomic E-state index is -1.61. The number of primary amides is 1. The monoisotopic (exact) mass is 503 g/mol. The van der Waals surface area contributed by atoms with Crippen molar-refractivity contribution in [2.45, 2.75) is 76.5 Å². The van der Waals surface area contributed by atoms with E-state index in [0.29, 0.717) is 0 Å². The molecule has 0 bridgehead atoms. The molecule has 198 valence electrons. The molecule has 0 spiro atoms. The lowest BCUT2D eigenvalue weighted by Crippen LogP contribution is -2.57. The first-order valence-corrected chi connectivity index (χ1v) is 10.7. The summed E-state index contributed by atoms with van der Waals surface area (Å²) in [7, 11) is 0. The van der Waals surface area contributed by atoms with Gasteiger partial charge in [0, 0.05) is 12.8 Å². The molecule has 0 saturated heterocycles. The molecule has 4 atom stereocenters. The smallest absolute Gasteiger partial charge is 0.326 e. The van der Waals surface area contributed by atoms with Gasteiger partial charge in [0.15, 0.2) is 0 Å². The summed E-state index contributed by atoms with van der Waals surface area (Å²) in [6, 6.07) is -5.75. The van der Waals surface area contributed by atoms with E-state index < -0.39 is 91.4 Å². The molecule has 15 nitrogen and oxygen atoms in total. The Morgan fingerprint density at radius 3 is 1.63 bits per heavy atom. The average molecular weight is 504 g/mol. The van der Waals surface area contributed by atoms with Gasteiger partial charge in [-0.05, 0) is 25.2 Å². The zero-order chi connectivity index (χ0) is 27.3. The number of hydrogen-bond acceptors (Lipinski definition) is 8. The number of carboxylic acids is 3. The minimum Gasteiger partial charge on any atom is -0.481 e. The number of carboxylic acid groups (broad SMARTS) is 3. The SMILES string of the molecule is CC(C)CC(NC(=O)C(CC(N)=O)NC(=O)C(CCC(=O)O)NC(=O)C(N)CCC(=O)O)C(=O)O. The number of hydrogen-bond donors (Lipinski definition) is 8. The van der Waals surface area contributed by atoms with E-state index in [0.717, 1.165) is 0 Å². The molecule has 15 heteroatoms. The van der Waals surface area contributed by atoms with Crippen molar-refractivity contribution in [3.05, 3.63) is 0 Å². The quantitative estimate of drug-likeness (QED) is 0.103. The standard InChI is InChI=1S/C20H33N5O10/c1-9(2)7-13(20(34)35)25-19(33)12(8-14(22)26)24-18(32)11(4-6-16(29)30)23-17(31)10(21)3-5-15(27)28/h9-13H,3-8,21H2,1-2H3,(H2,22,26)(H,23,31)(H,24,32)(H,25,33)(H,27,28)(H,29,30)(H,34,35). The van der Waals surface area contributed by atoms with E-state index in [9.17, 15) is 38.7 Å². The predicted molar refractivity (Wildman–Crippen MR) is 118 cm³/mol. The second kappa shape index (κ2) is 15.2. The summed E-state index contributed by atoms with van der Waals surface area (Å²) in [5.41, 5.74) is 10.7. The topological polar surface area (TPSA) is 268 Å². The summed E-state index contributed by atoms with van der Waals surface area (Å²) in [4.78, 5) is 82.1. The Morgan fingerprint density at radius 2 is 1.17 bits per heavy atom. The van der Waals surface area contributed by atoms with Crippen LogP contribution in [0.2, 0.25) is 0 Å². The molecule has 0 aromatic rings. The maximum atomic E-state index is 12.8. The first kappa shape index (κ1) is 31.2. The second-order valence-corrected chi connectivity index (χ2v) is 8.29. The highest BCUT2D eigenvalue weighted by Gasteiger charge is 2.31. The number of aliphatic carboxylic acids is 3. The van der Waals surface area contributed by atoms with Crippen LogP contribution in [-0.4, -0.2) is 81.0 Å². The number of amides is 4. The van der Waals surface area contributed by atoms with Gasteiger partial charge in [-0.3, -0.25) is 28.8 Å². The molecule has 0 fully saturated rings. The number of carbonyl (C=O) groups excluding carboxylic acids is 4. The van der Waals surface area contributed by atoms with Crippen LogP contribution in [-0.2, 0) is 33.6 Å². The Kier molecular flexibility index (Phi) is 13.6. The van der Waals surface area contributed by atoms with E-state index >= 15 is 0 Å². The molecule has 0 aliphatic rings. The molecule has 4 amide bonds. The fourth-order valence-electron chi connectivity index (χ4n) is 2.87. The van der Waals surface area contributed by atoms with Gasteiger partial charge in [-0.2, -0.15) is 0 Å². The molecule has 4 unspecified atom stereocenters. The normalized spacial score (nSPS) is 14.2. The number of nitrogens with one attached hydrogen (secondary N) is 3. The fourth-order valence-corrected chi connectivity index (χ4v) is 2.87. The van der Waals surface area contributed by atoms with Crippen molar-refractivity contribution in [3.63, 3.8) is 0 Å². The van der Waals surface area contributed by atoms with Gasteiger partial charge in [0.2, 0.25) is 23.6 Å². The van der Waals surface area contributed by atoms with Crippen LogP contribution in [0, 0.1) is 5.92 Å². The van der Waals surface area contributed by atoms with Gasteiger partial charge in [-0.1, -0.05) is 13.8 Å². The summed E-state index contributed by atoms with van der Waals surface area (Å²) in [6.07, 6.45) is -2.32. The number of carbonyl (C=O) groups is 7. The Bertz CT molecular complexity index is 816. The van der Waals surface area contributed by atoms with Gasteiger partial charge < -0.3 is 42.7 Å². The highest BCUT2D eigenvalue weighted by Crippen LogP contribution is 2.07. The van der Waals surface area contributed by atoms with Crippen molar-refractivity contribution in [2.24, 2.45) is 17.4 Å². The Labute approximate surface area is 201 Å². The molecular formula is C20H33N5O10. The zero-order valence-electron chi connectivity index (χ0n) is 19.5. The number of nitrogens with two attached hydrogens (primary N) is 2. The molecule has 0 radical (unpaired) electrons. The fraction of sp³-hybridized carbons (Fsp3) is 0.650. The van der Waals surface area contributed by atoms with E-state index in [1.807, 2.05) is 0 Å². The van der Waals surface area contributed by atoms with Crippen molar-refractivity contribution in [3.8, 4) is 0 Å². The molecule has 0 aliphatic heterocycles. The summed E-state index contributed by atoms with van der Waals surface area (Å²) in [5, 5.41) is 33.5. The van der Waals surface area contributed by atoms with Crippen LogP contribution in [0.5, 0.6) is 0 Å². The maximum absolute atomic E-state index is 12.8. The van der Waals surface area contributed by atoms with Crippen molar-refractivity contribution >= 4 is 41.5 Å². The van der Waals surface area contributed by atoms with Crippen LogP contribution in [0.15, 0.2) is 0 Å². The molecule has 0 saturated carbocycles. The summed E-state index contributed by atoms with van der Waals surface area (Å²) < 4.78 is 0. The molecule has 0 rings (SSSR count). The van der Waals surface area contributed by atoms with Crippen molar-refractivity contribution in [1.29, 1.82) is 0 Å². The highest BCUT2D eigenvalue weighted by molar-refractivity contribution is 5.96. The van der Waals surface area contributed by atoms with Gasteiger partial charge in [-0.25, -0.2) is 4.79 Å². The lowest BCUT2D eigenvalue weighted by Gasteiger charge is -2.25. The van der Waals surface area contributed by atoms with Crippen LogP contribution in [0.4, 0.5) is 0 Å². The van der Waals surface area contributed by atoms with Gasteiger partial charge in [0.05, 0.1) is 12.5 Å².